The second-order valence-corrected chi connectivity index (χ2v) is 8.42. The Hall–Kier alpha value is -3.75. The van der Waals surface area contributed by atoms with Crippen LogP contribution in [0.3, 0.4) is 0 Å². The first-order valence-corrected chi connectivity index (χ1v) is 11.3. The van der Waals surface area contributed by atoms with Gasteiger partial charge in [-0.2, -0.15) is 0 Å². The van der Waals surface area contributed by atoms with Crippen molar-refractivity contribution in [3.8, 4) is 5.75 Å². The Balaban J connectivity index is 1.31. The third-order valence-electron chi connectivity index (χ3n) is 6.23. The third-order valence-corrected chi connectivity index (χ3v) is 6.23. The van der Waals surface area contributed by atoms with Crippen molar-refractivity contribution in [2.24, 2.45) is 0 Å². The van der Waals surface area contributed by atoms with Crippen LogP contribution in [0.1, 0.15) is 24.0 Å². The average molecular weight is 468 g/mol. The predicted molar refractivity (Wildman–Crippen MR) is 125 cm³/mol. The summed E-state index contributed by atoms with van der Waals surface area (Å²) in [5.41, 5.74) is 2.50. The Morgan fingerprint density at radius 3 is 2.53 bits per heavy atom. The summed E-state index contributed by atoms with van der Waals surface area (Å²) in [4.78, 5) is 41.1. The maximum Gasteiger partial charge on any atom is 0.410 e. The van der Waals surface area contributed by atoms with Gasteiger partial charge in [0.2, 0.25) is 0 Å². The number of carbonyl (C=O) groups excluding carboxylic acids is 3. The number of carbonyl (C=O) groups is 3. The fraction of sp³-hybridized carbons (Fsp3) is 0.400. The fourth-order valence-electron chi connectivity index (χ4n) is 4.29. The molecule has 2 saturated heterocycles. The number of cyclic esters (lactones) is 1. The largest absolute Gasteiger partial charge is 0.497 e. The normalized spacial score (nSPS) is 18.4. The van der Waals surface area contributed by atoms with Crippen LogP contribution in [-0.2, 0) is 20.9 Å². The van der Waals surface area contributed by atoms with E-state index in [4.69, 9.17) is 14.2 Å². The van der Waals surface area contributed by atoms with E-state index in [9.17, 15) is 14.4 Å². The number of piperidine rings is 1. The molecule has 0 aromatic heterocycles. The minimum absolute atomic E-state index is 0.0239. The first-order chi connectivity index (χ1) is 16.5. The smallest absolute Gasteiger partial charge is 0.410 e. The van der Waals surface area contributed by atoms with Crippen LogP contribution < -0.4 is 10.1 Å². The number of urea groups is 1. The molecule has 1 N–H and O–H groups in total. The molecule has 1 atom stereocenters. The molecule has 180 valence electrons. The molecule has 0 saturated carbocycles. The van der Waals surface area contributed by atoms with E-state index in [0.717, 1.165) is 22.6 Å². The summed E-state index contributed by atoms with van der Waals surface area (Å²) >= 11 is 0. The molecule has 0 spiro atoms. The van der Waals surface area contributed by atoms with E-state index < -0.39 is 18.1 Å². The number of hydrogen-bond donors (Lipinski definition) is 1. The lowest BCUT2D eigenvalue weighted by atomic mass is 10.0. The van der Waals surface area contributed by atoms with Gasteiger partial charge in [-0.05, 0) is 49.1 Å². The third kappa shape index (κ3) is 5.24. The fourth-order valence-corrected chi connectivity index (χ4v) is 4.29. The average Bonchev–Trinajstić information content (AvgIpc) is 3.25. The van der Waals surface area contributed by atoms with Crippen LogP contribution in [0.15, 0.2) is 48.5 Å². The second kappa shape index (κ2) is 10.5. The van der Waals surface area contributed by atoms with E-state index in [0.29, 0.717) is 25.9 Å². The predicted octanol–water partition coefficient (Wildman–Crippen LogP) is 3.56. The molecule has 0 bridgehead atoms. The lowest BCUT2D eigenvalue weighted by Gasteiger charge is -2.37. The molecular formula is C25H29N3O6. The maximum atomic E-state index is 12.8. The van der Waals surface area contributed by atoms with Gasteiger partial charge >= 0.3 is 18.1 Å². The van der Waals surface area contributed by atoms with Gasteiger partial charge < -0.3 is 24.4 Å². The van der Waals surface area contributed by atoms with Crippen LogP contribution in [0.4, 0.5) is 15.3 Å². The molecule has 0 radical (unpaired) electrons. The highest BCUT2D eigenvalue weighted by Crippen LogP contribution is 2.26. The van der Waals surface area contributed by atoms with Gasteiger partial charge in [0.15, 0.2) is 6.04 Å². The van der Waals surface area contributed by atoms with Crippen molar-refractivity contribution in [1.29, 1.82) is 0 Å². The summed E-state index contributed by atoms with van der Waals surface area (Å²) < 4.78 is 15.8. The zero-order valence-corrected chi connectivity index (χ0v) is 19.4. The molecule has 2 heterocycles. The van der Waals surface area contributed by atoms with Crippen molar-refractivity contribution in [3.05, 3.63) is 59.7 Å². The number of benzene rings is 2. The highest BCUT2D eigenvalue weighted by molar-refractivity contribution is 5.90. The van der Waals surface area contributed by atoms with E-state index in [1.165, 1.54) is 4.90 Å². The van der Waals surface area contributed by atoms with Crippen molar-refractivity contribution in [2.45, 2.75) is 38.5 Å². The summed E-state index contributed by atoms with van der Waals surface area (Å²) in [6.45, 7) is 2.94. The standard InChI is InChI=1S/C25H29N3O6/c1-17-14-20(32-2)8-9-21(17)26-24(30)27-12-10-19(11-13-27)28-22(16-34-25(28)31)23(29)33-15-18-6-4-3-5-7-18/h3-9,14,19,22H,10-13,15-16H2,1-2H3,(H,26,30). The Morgan fingerprint density at radius 2 is 1.85 bits per heavy atom. The topological polar surface area (TPSA) is 97.4 Å². The molecule has 1 unspecified atom stereocenters. The molecule has 2 aliphatic heterocycles. The lowest BCUT2D eigenvalue weighted by Crippen LogP contribution is -2.52. The Kier molecular flexibility index (Phi) is 7.20. The number of likely N-dealkylation sites (tertiary alicyclic amines) is 1. The van der Waals surface area contributed by atoms with Crippen LogP contribution >= 0.6 is 0 Å². The second-order valence-electron chi connectivity index (χ2n) is 8.42. The van der Waals surface area contributed by atoms with Gasteiger partial charge in [-0.25, -0.2) is 14.4 Å². The minimum Gasteiger partial charge on any atom is -0.497 e. The number of aryl methyl sites for hydroxylation is 1. The number of ether oxygens (including phenoxy) is 3. The minimum atomic E-state index is -0.775. The summed E-state index contributed by atoms with van der Waals surface area (Å²) in [5.74, 6) is 0.246. The van der Waals surface area contributed by atoms with Crippen molar-refractivity contribution < 1.29 is 28.6 Å². The zero-order valence-electron chi connectivity index (χ0n) is 19.4. The summed E-state index contributed by atoms with van der Waals surface area (Å²) in [7, 11) is 1.60. The SMILES string of the molecule is COc1ccc(NC(=O)N2CCC(N3C(=O)OCC3C(=O)OCc3ccccc3)CC2)c(C)c1. The van der Waals surface area contributed by atoms with E-state index in [2.05, 4.69) is 5.32 Å². The van der Waals surface area contributed by atoms with Gasteiger partial charge in [-0.3, -0.25) is 4.90 Å². The molecule has 9 heteroatoms. The van der Waals surface area contributed by atoms with Crippen LogP contribution in [0, 0.1) is 6.92 Å². The first-order valence-electron chi connectivity index (χ1n) is 11.3. The lowest BCUT2D eigenvalue weighted by molar-refractivity contribution is -0.150. The van der Waals surface area contributed by atoms with Crippen LogP contribution in [0.25, 0.3) is 0 Å². The monoisotopic (exact) mass is 467 g/mol. The number of rotatable bonds is 6. The number of nitrogens with one attached hydrogen (secondary N) is 1. The van der Waals surface area contributed by atoms with E-state index in [1.807, 2.05) is 49.4 Å². The molecule has 34 heavy (non-hydrogen) atoms. The van der Waals surface area contributed by atoms with E-state index in [1.54, 1.807) is 18.1 Å². The van der Waals surface area contributed by atoms with Crippen molar-refractivity contribution in [1.82, 2.24) is 9.80 Å². The van der Waals surface area contributed by atoms with Crippen LogP contribution in [0.5, 0.6) is 5.75 Å². The maximum absolute atomic E-state index is 12.8. The molecule has 3 amide bonds. The molecule has 4 rings (SSSR count). The molecule has 0 aliphatic carbocycles. The number of methoxy groups -OCH3 is 1. The first kappa shape index (κ1) is 23.4. The summed E-state index contributed by atoms with van der Waals surface area (Å²) in [6, 6.07) is 13.7. The summed E-state index contributed by atoms with van der Waals surface area (Å²) in [6.07, 6.45) is 0.581. The van der Waals surface area contributed by atoms with Gasteiger partial charge in [-0.1, -0.05) is 30.3 Å². The highest BCUT2D eigenvalue weighted by Gasteiger charge is 2.44. The van der Waals surface area contributed by atoms with Crippen molar-refractivity contribution in [2.75, 3.05) is 32.1 Å². The Morgan fingerprint density at radius 1 is 1.12 bits per heavy atom. The zero-order chi connectivity index (χ0) is 24.1. The molecular weight excluding hydrogens is 438 g/mol. The Bertz CT molecular complexity index is 1040. The van der Waals surface area contributed by atoms with E-state index >= 15 is 0 Å². The molecule has 2 aromatic rings. The molecule has 2 aliphatic rings. The quantitative estimate of drug-likeness (QED) is 0.653. The van der Waals surface area contributed by atoms with Gasteiger partial charge in [0.25, 0.3) is 0 Å². The molecule has 9 nitrogen and oxygen atoms in total. The van der Waals surface area contributed by atoms with Gasteiger partial charge in [0, 0.05) is 24.8 Å². The Labute approximate surface area is 198 Å². The number of nitrogens with zero attached hydrogens (tertiary/aromatic N) is 2. The van der Waals surface area contributed by atoms with E-state index in [-0.39, 0.29) is 25.3 Å². The number of anilines is 1. The van der Waals surface area contributed by atoms with Gasteiger partial charge in [0.1, 0.15) is 19.0 Å². The molecule has 2 fully saturated rings. The van der Waals surface area contributed by atoms with Crippen molar-refractivity contribution >= 4 is 23.8 Å². The summed E-state index contributed by atoms with van der Waals surface area (Å²) in [5, 5.41) is 2.94. The highest BCUT2D eigenvalue weighted by atomic mass is 16.6. The van der Waals surface area contributed by atoms with Crippen LogP contribution in [-0.4, -0.2) is 66.8 Å². The van der Waals surface area contributed by atoms with Crippen molar-refractivity contribution in [3.63, 3.8) is 0 Å². The number of hydrogen-bond acceptors (Lipinski definition) is 6. The number of amides is 3. The number of esters is 1. The molecule has 2 aromatic carbocycles. The van der Waals surface area contributed by atoms with Gasteiger partial charge in [-0.15, -0.1) is 0 Å². The van der Waals surface area contributed by atoms with Gasteiger partial charge in [0.05, 0.1) is 7.11 Å². The van der Waals surface area contributed by atoms with Crippen LogP contribution in [0.2, 0.25) is 0 Å².